The number of hydrogen-bond donors (Lipinski definition) is 1. The molecule has 0 heterocycles. The van der Waals surface area contributed by atoms with Gasteiger partial charge in [0.15, 0.2) is 0 Å². The van der Waals surface area contributed by atoms with Crippen LogP contribution in [-0.2, 0) is 9.59 Å². The molecule has 0 aliphatic heterocycles. The maximum absolute atomic E-state index is 12.3. The second kappa shape index (κ2) is 8.37. The number of rotatable bonds is 6. The van der Waals surface area contributed by atoms with Crippen LogP contribution in [0.5, 0.6) is 0 Å². The summed E-state index contributed by atoms with van der Waals surface area (Å²) >= 11 is 0. The van der Waals surface area contributed by atoms with Gasteiger partial charge in [-0.3, -0.25) is 9.59 Å². The summed E-state index contributed by atoms with van der Waals surface area (Å²) in [4.78, 5) is 27.7. The van der Waals surface area contributed by atoms with Crippen molar-refractivity contribution >= 4 is 11.8 Å². The first-order valence-electron chi connectivity index (χ1n) is 8.09. The molecule has 122 valence electrons. The van der Waals surface area contributed by atoms with Crippen LogP contribution < -0.4 is 5.73 Å². The molecule has 1 aliphatic rings. The Hall–Kier alpha value is -1.10. The normalized spacial score (nSPS) is 17.6. The summed E-state index contributed by atoms with van der Waals surface area (Å²) in [6.45, 7) is 4.20. The second-order valence-electron chi connectivity index (χ2n) is 6.73. The molecule has 21 heavy (non-hydrogen) atoms. The second-order valence-corrected chi connectivity index (χ2v) is 6.73. The molecule has 1 unspecified atom stereocenters. The van der Waals surface area contributed by atoms with Crippen LogP contribution in [0.2, 0.25) is 0 Å². The molecule has 1 aliphatic carbocycles. The number of nitrogens with zero attached hydrogens (tertiary/aromatic N) is 2. The summed E-state index contributed by atoms with van der Waals surface area (Å²) in [6, 6.07) is -0.179. The monoisotopic (exact) mass is 297 g/mol. The molecular formula is C16H31N3O2. The summed E-state index contributed by atoms with van der Waals surface area (Å²) in [5, 5.41) is 0. The molecule has 1 atom stereocenters. The minimum absolute atomic E-state index is 0.00879. The van der Waals surface area contributed by atoms with Gasteiger partial charge in [0.25, 0.3) is 0 Å². The molecule has 0 aromatic rings. The molecule has 1 fully saturated rings. The van der Waals surface area contributed by atoms with E-state index in [2.05, 4.69) is 0 Å². The molecule has 0 aromatic carbocycles. The zero-order chi connectivity index (χ0) is 16.0. The highest BCUT2D eigenvalue weighted by Gasteiger charge is 2.25. The van der Waals surface area contributed by atoms with Crippen molar-refractivity contribution < 1.29 is 9.59 Å². The van der Waals surface area contributed by atoms with E-state index in [1.54, 1.807) is 7.05 Å². The topological polar surface area (TPSA) is 66.6 Å². The Kier molecular flexibility index (Phi) is 7.15. The lowest BCUT2D eigenvalue weighted by molar-refractivity contribution is -0.141. The van der Waals surface area contributed by atoms with E-state index in [4.69, 9.17) is 5.73 Å². The molecule has 5 nitrogen and oxygen atoms in total. The van der Waals surface area contributed by atoms with E-state index in [0.717, 1.165) is 12.8 Å². The van der Waals surface area contributed by atoms with E-state index in [1.807, 2.05) is 25.8 Å². The zero-order valence-corrected chi connectivity index (χ0v) is 14.0. The third-order valence-corrected chi connectivity index (χ3v) is 4.31. The Morgan fingerprint density at radius 1 is 1.14 bits per heavy atom. The molecule has 0 bridgehead atoms. The maximum Gasteiger partial charge on any atom is 0.242 e. The van der Waals surface area contributed by atoms with Crippen molar-refractivity contribution in [2.24, 2.45) is 11.7 Å². The summed E-state index contributed by atoms with van der Waals surface area (Å²) in [5.74, 6) is 0.238. The number of carbonyl (C=O) groups is 2. The highest BCUT2D eigenvalue weighted by atomic mass is 16.2. The summed E-state index contributed by atoms with van der Waals surface area (Å²) in [7, 11) is 3.51. The van der Waals surface area contributed by atoms with E-state index in [1.165, 1.54) is 24.2 Å². The van der Waals surface area contributed by atoms with E-state index in [9.17, 15) is 9.59 Å². The van der Waals surface area contributed by atoms with Crippen LogP contribution in [0.3, 0.4) is 0 Å². The summed E-state index contributed by atoms with van der Waals surface area (Å²) < 4.78 is 0. The number of nitrogens with two attached hydrogens (primary N) is 1. The predicted octanol–water partition coefficient (Wildman–Crippen LogP) is 1.61. The largest absolute Gasteiger partial charge is 0.341 e. The van der Waals surface area contributed by atoms with Crippen LogP contribution in [0.4, 0.5) is 0 Å². The Bertz CT molecular complexity index is 351. The maximum atomic E-state index is 12.3. The molecule has 2 amide bonds. The van der Waals surface area contributed by atoms with E-state index < -0.39 is 6.04 Å². The van der Waals surface area contributed by atoms with Crippen LogP contribution in [0, 0.1) is 5.92 Å². The lowest BCUT2D eigenvalue weighted by atomic mass is 9.94. The highest BCUT2D eigenvalue weighted by Crippen LogP contribution is 2.21. The molecule has 1 rings (SSSR count). The van der Waals surface area contributed by atoms with Gasteiger partial charge in [-0.25, -0.2) is 0 Å². The lowest BCUT2D eigenvalue weighted by Crippen LogP contribution is -2.48. The molecule has 0 saturated heterocycles. The molecule has 0 aromatic heterocycles. The minimum atomic E-state index is -0.511. The van der Waals surface area contributed by atoms with E-state index in [0.29, 0.717) is 18.4 Å². The first kappa shape index (κ1) is 18.0. The third kappa shape index (κ3) is 5.65. The third-order valence-electron chi connectivity index (χ3n) is 4.31. The molecule has 2 N–H and O–H groups in total. The van der Waals surface area contributed by atoms with Gasteiger partial charge in [-0.1, -0.05) is 33.1 Å². The van der Waals surface area contributed by atoms with Crippen LogP contribution in [-0.4, -0.2) is 54.3 Å². The van der Waals surface area contributed by atoms with Gasteiger partial charge in [0.1, 0.15) is 0 Å². The van der Waals surface area contributed by atoms with Crippen LogP contribution in [0.15, 0.2) is 0 Å². The van der Waals surface area contributed by atoms with Crippen LogP contribution in [0.25, 0.3) is 0 Å². The Morgan fingerprint density at radius 2 is 1.71 bits per heavy atom. The fourth-order valence-corrected chi connectivity index (χ4v) is 2.96. The highest BCUT2D eigenvalue weighted by molar-refractivity contribution is 5.87. The van der Waals surface area contributed by atoms with Crippen molar-refractivity contribution in [1.82, 2.24) is 9.80 Å². The van der Waals surface area contributed by atoms with Gasteiger partial charge in [-0.05, 0) is 25.2 Å². The van der Waals surface area contributed by atoms with Crippen molar-refractivity contribution in [3.8, 4) is 0 Å². The van der Waals surface area contributed by atoms with Crippen molar-refractivity contribution in [1.29, 1.82) is 0 Å². The fourth-order valence-electron chi connectivity index (χ4n) is 2.96. The summed E-state index contributed by atoms with van der Waals surface area (Å²) in [5.41, 5.74) is 5.90. The molecular weight excluding hydrogens is 266 g/mol. The Morgan fingerprint density at radius 3 is 2.24 bits per heavy atom. The Labute approximate surface area is 128 Å². The average Bonchev–Trinajstić information content (AvgIpc) is 2.45. The molecule has 0 radical (unpaired) electrons. The Balaban J connectivity index is 2.46. The zero-order valence-electron chi connectivity index (χ0n) is 14.0. The average molecular weight is 297 g/mol. The van der Waals surface area contributed by atoms with Gasteiger partial charge in [0.2, 0.25) is 11.8 Å². The summed E-state index contributed by atoms with van der Waals surface area (Å²) in [6.07, 6.45) is 6.45. The van der Waals surface area contributed by atoms with Gasteiger partial charge < -0.3 is 15.5 Å². The fraction of sp³-hybridized carbons (Fsp3) is 0.875. The van der Waals surface area contributed by atoms with Gasteiger partial charge in [-0.2, -0.15) is 0 Å². The van der Waals surface area contributed by atoms with Crippen LogP contribution >= 0.6 is 0 Å². The van der Waals surface area contributed by atoms with Gasteiger partial charge in [-0.15, -0.1) is 0 Å². The quantitative estimate of drug-likeness (QED) is 0.810. The molecule has 0 spiro atoms. The smallest absolute Gasteiger partial charge is 0.242 e. The van der Waals surface area contributed by atoms with Gasteiger partial charge in [0, 0.05) is 20.1 Å². The number of likely N-dealkylation sites (N-methyl/N-ethyl adjacent to an activating group) is 2. The standard InChI is InChI=1S/C16H31N3O2/c1-12(2)10-14(17)16(21)18(3)11-15(20)19(4)13-8-6-5-7-9-13/h12-14H,5-11,17H2,1-4H3. The van der Waals surface area contributed by atoms with Crippen molar-refractivity contribution in [3.63, 3.8) is 0 Å². The number of carbonyl (C=O) groups excluding carboxylic acids is 2. The molecule has 5 heteroatoms. The predicted molar refractivity (Wildman–Crippen MR) is 84.7 cm³/mol. The lowest BCUT2D eigenvalue weighted by Gasteiger charge is -2.32. The van der Waals surface area contributed by atoms with Gasteiger partial charge >= 0.3 is 0 Å². The molecule has 1 saturated carbocycles. The van der Waals surface area contributed by atoms with Gasteiger partial charge in [0.05, 0.1) is 12.6 Å². The van der Waals surface area contributed by atoms with E-state index in [-0.39, 0.29) is 18.4 Å². The minimum Gasteiger partial charge on any atom is -0.341 e. The van der Waals surface area contributed by atoms with Crippen molar-refractivity contribution in [2.45, 2.75) is 64.5 Å². The SMILES string of the molecule is CC(C)CC(N)C(=O)N(C)CC(=O)N(C)C1CCCCC1. The number of amides is 2. The van der Waals surface area contributed by atoms with Crippen LogP contribution in [0.1, 0.15) is 52.4 Å². The first-order valence-corrected chi connectivity index (χ1v) is 8.09. The van der Waals surface area contributed by atoms with E-state index >= 15 is 0 Å². The first-order chi connectivity index (χ1) is 9.82. The van der Waals surface area contributed by atoms with Crippen molar-refractivity contribution in [3.05, 3.63) is 0 Å². The number of hydrogen-bond acceptors (Lipinski definition) is 3. The van der Waals surface area contributed by atoms with Crippen molar-refractivity contribution in [2.75, 3.05) is 20.6 Å².